The lowest BCUT2D eigenvalue weighted by Crippen LogP contribution is -2.18. The minimum atomic E-state index is -0.430. The molecule has 2 rings (SSSR count). The average Bonchev–Trinajstić information content (AvgIpc) is 2.33. The lowest BCUT2D eigenvalue weighted by atomic mass is 10.0. The Morgan fingerprint density at radius 1 is 1.25 bits per heavy atom. The van der Waals surface area contributed by atoms with Gasteiger partial charge in [0, 0.05) is 5.25 Å². The molecule has 0 aliphatic carbocycles. The molecule has 1 aromatic carbocycles. The van der Waals surface area contributed by atoms with Gasteiger partial charge in [-0.05, 0) is 36.3 Å². The smallest absolute Gasteiger partial charge is 0.0909 e. The van der Waals surface area contributed by atoms with Crippen LogP contribution in [-0.2, 0) is 0 Å². The van der Waals surface area contributed by atoms with E-state index in [9.17, 15) is 5.11 Å². The fourth-order valence-corrected chi connectivity index (χ4v) is 3.58. The SMILES string of the molecule is OC(c1ccc(Cl)c(Cl)c1)C1CCCCS1. The quantitative estimate of drug-likeness (QED) is 0.869. The molecule has 0 radical (unpaired) electrons. The zero-order chi connectivity index (χ0) is 11.5. The Bertz CT molecular complexity index is 364. The predicted octanol–water partition coefficient (Wildman–Crippen LogP) is 4.31. The fraction of sp³-hybridized carbons (Fsp3) is 0.500. The van der Waals surface area contributed by atoms with Crippen LogP contribution >= 0.6 is 35.0 Å². The van der Waals surface area contributed by atoms with Crippen molar-refractivity contribution in [3.63, 3.8) is 0 Å². The van der Waals surface area contributed by atoms with Gasteiger partial charge < -0.3 is 5.11 Å². The molecule has 88 valence electrons. The van der Waals surface area contributed by atoms with Crippen LogP contribution in [0.3, 0.4) is 0 Å². The van der Waals surface area contributed by atoms with Crippen LogP contribution in [0, 0.1) is 0 Å². The summed E-state index contributed by atoms with van der Waals surface area (Å²) >= 11 is 13.6. The van der Waals surface area contributed by atoms with Crippen LogP contribution in [0.15, 0.2) is 18.2 Å². The minimum Gasteiger partial charge on any atom is -0.387 e. The minimum absolute atomic E-state index is 0.297. The van der Waals surface area contributed by atoms with Crippen molar-refractivity contribution in [2.45, 2.75) is 30.6 Å². The number of aliphatic hydroxyl groups excluding tert-OH is 1. The van der Waals surface area contributed by atoms with Gasteiger partial charge in [0.25, 0.3) is 0 Å². The van der Waals surface area contributed by atoms with Gasteiger partial charge in [0.05, 0.1) is 16.1 Å². The van der Waals surface area contributed by atoms with Crippen molar-refractivity contribution in [1.82, 2.24) is 0 Å². The van der Waals surface area contributed by atoms with Gasteiger partial charge in [0.2, 0.25) is 0 Å². The van der Waals surface area contributed by atoms with Crippen molar-refractivity contribution in [2.24, 2.45) is 0 Å². The third kappa shape index (κ3) is 2.86. The molecular formula is C12H14Cl2OS. The molecule has 1 saturated heterocycles. The molecule has 1 aliphatic rings. The second kappa shape index (κ2) is 5.63. The maximum Gasteiger partial charge on any atom is 0.0909 e. The highest BCUT2D eigenvalue weighted by molar-refractivity contribution is 7.99. The second-order valence-corrected chi connectivity index (χ2v) is 6.18. The van der Waals surface area contributed by atoms with Gasteiger partial charge in [-0.1, -0.05) is 35.7 Å². The fourth-order valence-electron chi connectivity index (χ4n) is 1.93. The molecular weight excluding hydrogens is 263 g/mol. The zero-order valence-electron chi connectivity index (χ0n) is 8.83. The number of halogens is 2. The van der Waals surface area contributed by atoms with Crippen LogP contribution in [0.4, 0.5) is 0 Å². The van der Waals surface area contributed by atoms with E-state index in [1.807, 2.05) is 17.8 Å². The maximum atomic E-state index is 10.2. The molecule has 0 saturated carbocycles. The monoisotopic (exact) mass is 276 g/mol. The predicted molar refractivity (Wildman–Crippen MR) is 71.5 cm³/mol. The summed E-state index contributed by atoms with van der Waals surface area (Å²) in [5, 5.41) is 11.6. The van der Waals surface area contributed by atoms with Crippen molar-refractivity contribution in [3.05, 3.63) is 33.8 Å². The Hall–Kier alpha value is 0.110. The summed E-state index contributed by atoms with van der Waals surface area (Å²) in [6.45, 7) is 0. The number of hydrogen-bond acceptors (Lipinski definition) is 2. The van der Waals surface area contributed by atoms with E-state index in [0.717, 1.165) is 17.7 Å². The van der Waals surface area contributed by atoms with Crippen LogP contribution in [0.5, 0.6) is 0 Å². The van der Waals surface area contributed by atoms with E-state index in [1.54, 1.807) is 12.1 Å². The molecule has 0 spiro atoms. The number of benzene rings is 1. The van der Waals surface area contributed by atoms with Gasteiger partial charge in [-0.2, -0.15) is 11.8 Å². The number of thioether (sulfide) groups is 1. The van der Waals surface area contributed by atoms with Gasteiger partial charge in [-0.25, -0.2) is 0 Å². The largest absolute Gasteiger partial charge is 0.387 e. The van der Waals surface area contributed by atoms with E-state index >= 15 is 0 Å². The van der Waals surface area contributed by atoms with Crippen molar-refractivity contribution >= 4 is 35.0 Å². The van der Waals surface area contributed by atoms with E-state index < -0.39 is 6.10 Å². The third-order valence-electron chi connectivity index (χ3n) is 2.85. The van der Waals surface area contributed by atoms with Gasteiger partial charge in [-0.15, -0.1) is 0 Å². The van der Waals surface area contributed by atoms with Crippen LogP contribution < -0.4 is 0 Å². The molecule has 1 fully saturated rings. The second-order valence-electron chi connectivity index (χ2n) is 4.02. The third-order valence-corrected chi connectivity index (χ3v) is 5.04. The first-order chi connectivity index (χ1) is 7.68. The lowest BCUT2D eigenvalue weighted by molar-refractivity contribution is 0.169. The highest BCUT2D eigenvalue weighted by Crippen LogP contribution is 2.36. The summed E-state index contributed by atoms with van der Waals surface area (Å²) in [6, 6.07) is 5.37. The van der Waals surface area contributed by atoms with E-state index in [0.29, 0.717) is 15.3 Å². The molecule has 1 N–H and O–H groups in total. The molecule has 2 atom stereocenters. The van der Waals surface area contributed by atoms with Crippen LogP contribution in [0.2, 0.25) is 10.0 Å². The standard InChI is InChI=1S/C12H14Cl2OS/c13-9-5-4-8(7-10(9)14)12(15)11-3-1-2-6-16-11/h4-5,7,11-12,15H,1-3,6H2. The first kappa shape index (κ1) is 12.6. The van der Waals surface area contributed by atoms with Crippen molar-refractivity contribution in [1.29, 1.82) is 0 Å². The van der Waals surface area contributed by atoms with E-state index in [-0.39, 0.29) is 0 Å². The highest BCUT2D eigenvalue weighted by Gasteiger charge is 2.23. The van der Waals surface area contributed by atoms with E-state index in [1.165, 1.54) is 12.8 Å². The Morgan fingerprint density at radius 3 is 2.69 bits per heavy atom. The van der Waals surface area contributed by atoms with Gasteiger partial charge in [0.15, 0.2) is 0 Å². The summed E-state index contributed by atoms with van der Waals surface area (Å²) in [4.78, 5) is 0. The Morgan fingerprint density at radius 2 is 2.06 bits per heavy atom. The number of aliphatic hydroxyl groups is 1. The normalized spacial score (nSPS) is 23.1. The molecule has 0 bridgehead atoms. The molecule has 1 nitrogen and oxygen atoms in total. The molecule has 16 heavy (non-hydrogen) atoms. The van der Waals surface area contributed by atoms with Crippen LogP contribution in [-0.4, -0.2) is 16.1 Å². The molecule has 1 aliphatic heterocycles. The highest BCUT2D eigenvalue weighted by atomic mass is 35.5. The Kier molecular flexibility index (Phi) is 4.42. The van der Waals surface area contributed by atoms with E-state index in [2.05, 4.69) is 0 Å². The summed E-state index contributed by atoms with van der Waals surface area (Å²) in [6.07, 6.45) is 3.11. The molecule has 0 aromatic heterocycles. The summed E-state index contributed by atoms with van der Waals surface area (Å²) in [5.41, 5.74) is 0.869. The summed E-state index contributed by atoms with van der Waals surface area (Å²) in [5.74, 6) is 1.14. The molecule has 0 amide bonds. The number of hydrogen-bond donors (Lipinski definition) is 1. The van der Waals surface area contributed by atoms with Crippen molar-refractivity contribution in [3.8, 4) is 0 Å². The van der Waals surface area contributed by atoms with Gasteiger partial charge in [-0.3, -0.25) is 0 Å². The summed E-state index contributed by atoms with van der Waals surface area (Å²) < 4.78 is 0. The van der Waals surface area contributed by atoms with E-state index in [4.69, 9.17) is 23.2 Å². The first-order valence-electron chi connectivity index (χ1n) is 5.43. The summed E-state index contributed by atoms with van der Waals surface area (Å²) in [7, 11) is 0. The van der Waals surface area contributed by atoms with Gasteiger partial charge >= 0.3 is 0 Å². The van der Waals surface area contributed by atoms with Gasteiger partial charge in [0.1, 0.15) is 0 Å². The Labute approximate surface area is 110 Å². The van der Waals surface area contributed by atoms with Crippen LogP contribution in [0.1, 0.15) is 30.9 Å². The Balaban J connectivity index is 2.12. The average molecular weight is 277 g/mol. The first-order valence-corrected chi connectivity index (χ1v) is 7.23. The topological polar surface area (TPSA) is 20.2 Å². The number of rotatable bonds is 2. The van der Waals surface area contributed by atoms with Crippen molar-refractivity contribution < 1.29 is 5.11 Å². The molecule has 1 aromatic rings. The maximum absolute atomic E-state index is 10.2. The lowest BCUT2D eigenvalue weighted by Gasteiger charge is -2.26. The van der Waals surface area contributed by atoms with Crippen molar-refractivity contribution in [2.75, 3.05) is 5.75 Å². The van der Waals surface area contributed by atoms with Crippen LogP contribution in [0.25, 0.3) is 0 Å². The zero-order valence-corrected chi connectivity index (χ0v) is 11.2. The molecule has 2 unspecified atom stereocenters. The molecule has 1 heterocycles. The molecule has 4 heteroatoms.